The SMILES string of the molecule is CC(=O)Nc1ccc(SC2CC3CC(=O)N3[C@H]2C(=O)O)cc1. The van der Waals surface area contributed by atoms with E-state index in [2.05, 4.69) is 5.32 Å². The Morgan fingerprint density at radius 2 is 2.00 bits per heavy atom. The first-order valence-electron chi connectivity index (χ1n) is 7.04. The summed E-state index contributed by atoms with van der Waals surface area (Å²) in [5.41, 5.74) is 0.706. The van der Waals surface area contributed by atoms with Gasteiger partial charge in [0.1, 0.15) is 6.04 Å². The number of carbonyl (C=O) groups is 3. The van der Waals surface area contributed by atoms with E-state index in [4.69, 9.17) is 0 Å². The smallest absolute Gasteiger partial charge is 0.327 e. The number of hydrogen-bond acceptors (Lipinski definition) is 4. The average Bonchev–Trinajstić information content (AvgIpc) is 2.73. The lowest BCUT2D eigenvalue weighted by Crippen LogP contribution is -2.55. The third kappa shape index (κ3) is 2.68. The molecule has 7 heteroatoms. The highest BCUT2D eigenvalue weighted by Gasteiger charge is 2.54. The van der Waals surface area contributed by atoms with Gasteiger partial charge in [-0.3, -0.25) is 9.59 Å². The number of nitrogens with zero attached hydrogens (tertiary/aromatic N) is 1. The van der Waals surface area contributed by atoms with Crippen LogP contribution in [0.25, 0.3) is 0 Å². The van der Waals surface area contributed by atoms with Crippen molar-refractivity contribution in [2.24, 2.45) is 0 Å². The molecular formula is C15H16N2O4S. The fourth-order valence-electron chi connectivity index (χ4n) is 3.04. The van der Waals surface area contributed by atoms with Crippen LogP contribution in [0.5, 0.6) is 0 Å². The van der Waals surface area contributed by atoms with Crippen LogP contribution in [-0.2, 0) is 14.4 Å². The molecule has 0 saturated carbocycles. The Kier molecular flexibility index (Phi) is 3.82. The van der Waals surface area contributed by atoms with Gasteiger partial charge in [0.15, 0.2) is 0 Å². The van der Waals surface area contributed by atoms with Crippen LogP contribution < -0.4 is 5.32 Å². The highest BCUT2D eigenvalue weighted by molar-refractivity contribution is 8.00. The van der Waals surface area contributed by atoms with Crippen molar-refractivity contribution in [2.75, 3.05) is 5.32 Å². The molecule has 116 valence electrons. The summed E-state index contributed by atoms with van der Waals surface area (Å²) in [6.45, 7) is 1.44. The van der Waals surface area contributed by atoms with Gasteiger partial charge in [-0.25, -0.2) is 4.79 Å². The lowest BCUT2D eigenvalue weighted by molar-refractivity contribution is -0.156. The minimum Gasteiger partial charge on any atom is -0.480 e. The predicted octanol–water partition coefficient (Wildman–Crippen LogP) is 1.56. The summed E-state index contributed by atoms with van der Waals surface area (Å²) < 4.78 is 0. The summed E-state index contributed by atoms with van der Waals surface area (Å²) in [6, 6.07) is 6.61. The maximum absolute atomic E-state index is 11.6. The Bertz CT molecular complexity index is 631. The summed E-state index contributed by atoms with van der Waals surface area (Å²) in [5, 5.41) is 11.9. The van der Waals surface area contributed by atoms with Gasteiger partial charge in [-0.1, -0.05) is 0 Å². The van der Waals surface area contributed by atoms with Gasteiger partial charge in [-0.15, -0.1) is 11.8 Å². The highest BCUT2D eigenvalue weighted by atomic mass is 32.2. The first kappa shape index (κ1) is 14.9. The summed E-state index contributed by atoms with van der Waals surface area (Å²) in [5.74, 6) is -1.14. The third-order valence-corrected chi connectivity index (χ3v) is 5.26. The quantitative estimate of drug-likeness (QED) is 0.822. The van der Waals surface area contributed by atoms with Gasteiger partial charge in [-0.2, -0.15) is 0 Å². The number of thioether (sulfide) groups is 1. The van der Waals surface area contributed by atoms with E-state index in [0.717, 1.165) is 4.90 Å². The Balaban J connectivity index is 1.71. The predicted molar refractivity (Wildman–Crippen MR) is 81.7 cm³/mol. The van der Waals surface area contributed by atoms with Crippen LogP contribution in [0.3, 0.4) is 0 Å². The molecule has 2 fully saturated rings. The minimum absolute atomic E-state index is 0.0680. The lowest BCUT2D eigenvalue weighted by atomic mass is 10.0. The number of fused-ring (bicyclic) bond motifs is 1. The molecule has 2 N–H and O–H groups in total. The standard InChI is InChI=1S/C15H16N2O4S/c1-8(18)16-9-2-4-11(5-3-9)22-12-6-10-7-13(19)17(10)14(12)15(20)21/h2-5,10,12,14H,6-7H2,1H3,(H,16,18)(H,20,21)/t10?,12?,14-/m1/s1. The van der Waals surface area contributed by atoms with E-state index in [0.29, 0.717) is 18.5 Å². The number of benzene rings is 1. The second-order valence-electron chi connectivity index (χ2n) is 5.54. The molecule has 0 bridgehead atoms. The molecule has 6 nitrogen and oxygen atoms in total. The number of carbonyl (C=O) groups excluding carboxylic acids is 2. The molecule has 0 aliphatic carbocycles. The van der Waals surface area contributed by atoms with Crippen LogP contribution in [0.4, 0.5) is 5.69 Å². The Hall–Kier alpha value is -2.02. The van der Waals surface area contributed by atoms with Crippen molar-refractivity contribution >= 4 is 35.2 Å². The molecule has 0 spiro atoms. The maximum Gasteiger partial charge on any atom is 0.327 e. The third-order valence-electron chi connectivity index (χ3n) is 3.96. The summed E-state index contributed by atoms with van der Waals surface area (Å²) in [6.07, 6.45) is 1.17. The molecule has 3 rings (SSSR count). The number of amides is 2. The molecule has 1 aromatic rings. The van der Waals surface area contributed by atoms with Gasteiger partial charge in [0.2, 0.25) is 11.8 Å². The first-order chi connectivity index (χ1) is 10.5. The van der Waals surface area contributed by atoms with Gasteiger partial charge in [0.25, 0.3) is 0 Å². The van der Waals surface area contributed by atoms with Crippen LogP contribution in [0.1, 0.15) is 19.8 Å². The second kappa shape index (κ2) is 5.64. The molecule has 2 saturated heterocycles. The summed E-state index contributed by atoms with van der Waals surface area (Å²) in [4.78, 5) is 36.5. The van der Waals surface area contributed by atoms with E-state index < -0.39 is 12.0 Å². The Morgan fingerprint density at radius 3 is 2.55 bits per heavy atom. The second-order valence-corrected chi connectivity index (χ2v) is 6.85. The topological polar surface area (TPSA) is 86.7 Å². The number of carboxylic acid groups (broad SMARTS) is 1. The van der Waals surface area contributed by atoms with E-state index in [-0.39, 0.29) is 23.1 Å². The van der Waals surface area contributed by atoms with Crippen molar-refractivity contribution in [1.29, 1.82) is 0 Å². The van der Waals surface area contributed by atoms with Crippen molar-refractivity contribution in [3.05, 3.63) is 24.3 Å². The van der Waals surface area contributed by atoms with Crippen molar-refractivity contribution < 1.29 is 19.5 Å². The zero-order valence-electron chi connectivity index (χ0n) is 12.0. The van der Waals surface area contributed by atoms with Crippen molar-refractivity contribution in [3.63, 3.8) is 0 Å². The molecule has 22 heavy (non-hydrogen) atoms. The number of anilines is 1. The fourth-order valence-corrected chi connectivity index (χ4v) is 4.37. The molecule has 1 aromatic carbocycles. The molecule has 2 amide bonds. The van der Waals surface area contributed by atoms with Gasteiger partial charge < -0.3 is 15.3 Å². The van der Waals surface area contributed by atoms with Crippen LogP contribution >= 0.6 is 11.8 Å². The van der Waals surface area contributed by atoms with Crippen LogP contribution in [-0.4, -0.2) is 45.1 Å². The molecule has 0 radical (unpaired) electrons. The van der Waals surface area contributed by atoms with Gasteiger partial charge in [0, 0.05) is 35.2 Å². The largest absolute Gasteiger partial charge is 0.480 e. The number of rotatable bonds is 4. The zero-order valence-corrected chi connectivity index (χ0v) is 12.8. The first-order valence-corrected chi connectivity index (χ1v) is 7.92. The van der Waals surface area contributed by atoms with Gasteiger partial charge in [0.05, 0.1) is 0 Å². The van der Waals surface area contributed by atoms with E-state index >= 15 is 0 Å². The molecular weight excluding hydrogens is 304 g/mol. The maximum atomic E-state index is 11.6. The van der Waals surface area contributed by atoms with Crippen LogP contribution in [0, 0.1) is 0 Å². The summed E-state index contributed by atoms with van der Waals surface area (Å²) in [7, 11) is 0. The normalized spacial score (nSPS) is 26.3. The molecule has 2 aliphatic heterocycles. The number of hydrogen-bond donors (Lipinski definition) is 2. The summed E-state index contributed by atoms with van der Waals surface area (Å²) >= 11 is 1.48. The number of carboxylic acids is 1. The van der Waals surface area contributed by atoms with Crippen molar-refractivity contribution in [2.45, 2.75) is 42.0 Å². The Morgan fingerprint density at radius 1 is 1.32 bits per heavy atom. The highest BCUT2D eigenvalue weighted by Crippen LogP contribution is 2.43. The van der Waals surface area contributed by atoms with E-state index in [1.807, 2.05) is 12.1 Å². The van der Waals surface area contributed by atoms with Crippen molar-refractivity contribution in [3.8, 4) is 0 Å². The van der Waals surface area contributed by atoms with Crippen molar-refractivity contribution in [1.82, 2.24) is 4.90 Å². The van der Waals surface area contributed by atoms with E-state index in [9.17, 15) is 19.5 Å². The minimum atomic E-state index is -0.942. The van der Waals surface area contributed by atoms with E-state index in [1.165, 1.54) is 23.6 Å². The Labute approximate surface area is 131 Å². The molecule has 0 aromatic heterocycles. The molecule has 3 atom stereocenters. The molecule has 2 aliphatic rings. The number of nitrogens with one attached hydrogen (secondary N) is 1. The monoisotopic (exact) mass is 320 g/mol. The zero-order chi connectivity index (χ0) is 15.9. The van der Waals surface area contributed by atoms with Gasteiger partial charge in [-0.05, 0) is 30.7 Å². The average molecular weight is 320 g/mol. The van der Waals surface area contributed by atoms with Gasteiger partial charge >= 0.3 is 5.97 Å². The lowest BCUT2D eigenvalue weighted by Gasteiger charge is -2.37. The number of aliphatic carboxylic acids is 1. The van der Waals surface area contributed by atoms with Crippen LogP contribution in [0.2, 0.25) is 0 Å². The fraction of sp³-hybridized carbons (Fsp3) is 0.400. The van der Waals surface area contributed by atoms with E-state index in [1.54, 1.807) is 12.1 Å². The molecule has 2 unspecified atom stereocenters. The van der Waals surface area contributed by atoms with Crippen LogP contribution in [0.15, 0.2) is 29.2 Å². The molecule has 2 heterocycles. The number of β-lactam (4-membered cyclic amide) rings is 1.